The molecule has 0 radical (unpaired) electrons. The zero-order valence-electron chi connectivity index (χ0n) is 46.5. The SMILES string of the molecule is CC[C@@](O)(C(=O)O)c1cc2n(c(=O)c1CO)Cc1c-2nc2cc(F)c(C)c3c2c1[C@@H](NC(=O)COCCC(=O)CNC(=O)[C@@H](CC(=O)CNC(=O)CCC(=O)CCC(=O)N1Cc2ccccc2C#Cc2ccccc21)Cc1ccccc1)CC3. The van der Waals surface area contributed by atoms with Gasteiger partial charge in [-0.1, -0.05) is 79.4 Å². The highest BCUT2D eigenvalue weighted by Gasteiger charge is 2.42. The number of aliphatic hydroxyl groups is 2. The predicted octanol–water partition coefficient (Wildman–Crippen LogP) is 5.25. The molecule has 4 aromatic carbocycles. The number of aromatic nitrogens is 2. The van der Waals surface area contributed by atoms with Crippen LogP contribution in [0.4, 0.5) is 10.1 Å². The number of para-hydroxylation sites is 1. The van der Waals surface area contributed by atoms with Gasteiger partial charge in [0.2, 0.25) is 23.6 Å². The van der Waals surface area contributed by atoms with E-state index in [0.717, 1.165) is 16.7 Å². The van der Waals surface area contributed by atoms with E-state index in [1.165, 1.54) is 23.6 Å². The van der Waals surface area contributed by atoms with Gasteiger partial charge < -0.3 is 45.5 Å². The van der Waals surface area contributed by atoms with Crippen molar-refractivity contribution in [3.8, 4) is 23.2 Å². The van der Waals surface area contributed by atoms with Crippen LogP contribution < -0.4 is 26.4 Å². The van der Waals surface area contributed by atoms with E-state index in [0.29, 0.717) is 51.7 Å². The van der Waals surface area contributed by atoms with Gasteiger partial charge in [0.15, 0.2) is 17.2 Å². The number of nitrogens with one attached hydrogen (secondary N) is 3. The summed E-state index contributed by atoms with van der Waals surface area (Å²) in [7, 11) is 0. The van der Waals surface area contributed by atoms with Crippen molar-refractivity contribution in [1.29, 1.82) is 0 Å². The summed E-state index contributed by atoms with van der Waals surface area (Å²) in [5.41, 5.74) is 2.71. The van der Waals surface area contributed by atoms with Crippen LogP contribution in [0.15, 0.2) is 95.8 Å². The number of benzene rings is 4. The topological polar surface area (TPSA) is 281 Å². The van der Waals surface area contributed by atoms with Gasteiger partial charge in [0.25, 0.3) is 5.56 Å². The van der Waals surface area contributed by atoms with Crippen LogP contribution in [0.2, 0.25) is 0 Å². The molecule has 4 amide bonds. The number of aliphatic carboxylic acids is 1. The third kappa shape index (κ3) is 12.9. The molecule has 19 nitrogen and oxygen atoms in total. The number of rotatable bonds is 25. The molecule has 20 heteroatoms. The largest absolute Gasteiger partial charge is 0.479 e. The van der Waals surface area contributed by atoms with Crippen molar-refractivity contribution >= 4 is 63.5 Å². The monoisotopic (exact) mass is 1140 g/mol. The molecule has 3 aliphatic rings. The first-order chi connectivity index (χ1) is 40.4. The third-order valence-electron chi connectivity index (χ3n) is 15.8. The van der Waals surface area contributed by atoms with E-state index in [1.807, 2.05) is 48.5 Å². The fourth-order valence-electron chi connectivity index (χ4n) is 11.2. The minimum absolute atomic E-state index is 0.0756. The summed E-state index contributed by atoms with van der Waals surface area (Å²) in [6.45, 7) is 0.957. The lowest BCUT2D eigenvalue weighted by atomic mass is 9.81. The van der Waals surface area contributed by atoms with Crippen molar-refractivity contribution in [2.75, 3.05) is 31.2 Å². The molecule has 6 aromatic rings. The van der Waals surface area contributed by atoms with Crippen molar-refractivity contribution in [1.82, 2.24) is 25.5 Å². The Hall–Kier alpha value is -9.03. The summed E-state index contributed by atoms with van der Waals surface area (Å²) < 4.78 is 22.3. The number of ketones is 3. The smallest absolute Gasteiger partial charge is 0.340 e. The number of nitrogens with zero attached hydrogens (tertiary/aromatic N) is 3. The Kier molecular flexibility index (Phi) is 18.5. The number of aliphatic hydroxyl groups excluding tert-OH is 1. The summed E-state index contributed by atoms with van der Waals surface area (Å²) in [4.78, 5) is 125. The minimum Gasteiger partial charge on any atom is -0.479 e. The van der Waals surface area contributed by atoms with Crippen LogP contribution in [-0.4, -0.2) is 98.1 Å². The maximum atomic E-state index is 15.4. The van der Waals surface area contributed by atoms with Gasteiger partial charge in [-0.15, -0.1) is 0 Å². The van der Waals surface area contributed by atoms with Crippen LogP contribution >= 0.6 is 0 Å². The molecule has 6 N–H and O–H groups in total. The lowest BCUT2D eigenvalue weighted by Crippen LogP contribution is -2.39. The Bertz CT molecular complexity index is 3770. The molecule has 0 fully saturated rings. The van der Waals surface area contributed by atoms with Gasteiger partial charge in [-0.25, -0.2) is 14.2 Å². The van der Waals surface area contributed by atoms with E-state index in [4.69, 9.17) is 9.72 Å². The maximum Gasteiger partial charge on any atom is 0.340 e. The average molecular weight is 1140 g/mol. The van der Waals surface area contributed by atoms with E-state index in [2.05, 4.69) is 27.8 Å². The first-order valence-corrected chi connectivity index (χ1v) is 27.9. The Morgan fingerprint density at radius 1 is 0.821 bits per heavy atom. The number of hydrogen-bond donors (Lipinski definition) is 6. The fraction of sp³-hybridized carbons (Fsp3) is 0.344. The van der Waals surface area contributed by atoms with Crippen LogP contribution in [0.25, 0.3) is 22.3 Å². The van der Waals surface area contributed by atoms with Crippen molar-refractivity contribution in [3.05, 3.63) is 163 Å². The molecule has 9 rings (SSSR count). The second-order valence-electron chi connectivity index (χ2n) is 21.3. The third-order valence-corrected chi connectivity index (χ3v) is 15.8. The highest BCUT2D eigenvalue weighted by atomic mass is 19.1. The number of fused-ring (bicyclic) bond motifs is 6. The number of pyridine rings is 2. The molecular weight excluding hydrogens is 1080 g/mol. The minimum atomic E-state index is -2.51. The number of amides is 4. The zero-order chi connectivity index (χ0) is 59.8. The molecular formula is C64H63FN6O13. The van der Waals surface area contributed by atoms with E-state index >= 15 is 4.39 Å². The number of Topliss-reactive ketones (excluding diaryl/α,β-unsaturated/α-hetero) is 3. The van der Waals surface area contributed by atoms with Gasteiger partial charge in [0.1, 0.15) is 18.2 Å². The molecule has 84 heavy (non-hydrogen) atoms. The van der Waals surface area contributed by atoms with Crippen molar-refractivity contribution < 1.29 is 62.8 Å². The summed E-state index contributed by atoms with van der Waals surface area (Å²) in [5.74, 6) is 0.161. The van der Waals surface area contributed by atoms with Crippen LogP contribution in [-0.2, 0) is 81.2 Å². The predicted molar refractivity (Wildman–Crippen MR) is 305 cm³/mol. The molecule has 4 heterocycles. The number of carbonyl (C=O) groups is 8. The summed E-state index contributed by atoms with van der Waals surface area (Å²) >= 11 is 0. The van der Waals surface area contributed by atoms with Crippen LogP contribution in [0.1, 0.15) is 120 Å². The van der Waals surface area contributed by atoms with Crippen LogP contribution in [0, 0.1) is 30.5 Å². The molecule has 0 unspecified atom stereocenters. The van der Waals surface area contributed by atoms with E-state index in [-0.39, 0.29) is 111 Å². The number of carboxylic acid groups (broad SMARTS) is 1. The van der Waals surface area contributed by atoms with Crippen molar-refractivity contribution in [3.63, 3.8) is 0 Å². The van der Waals surface area contributed by atoms with Gasteiger partial charge in [-0.2, -0.15) is 0 Å². The van der Waals surface area contributed by atoms with Gasteiger partial charge in [-0.3, -0.25) is 38.4 Å². The fourth-order valence-corrected chi connectivity index (χ4v) is 11.2. The zero-order valence-corrected chi connectivity index (χ0v) is 46.5. The van der Waals surface area contributed by atoms with E-state index in [1.54, 1.807) is 42.2 Å². The number of carbonyl (C=O) groups excluding carboxylic acids is 7. The maximum absolute atomic E-state index is 15.4. The average Bonchev–Trinajstić information content (AvgIpc) is 1.55. The van der Waals surface area contributed by atoms with Crippen molar-refractivity contribution in [2.24, 2.45) is 5.92 Å². The van der Waals surface area contributed by atoms with Crippen molar-refractivity contribution in [2.45, 2.75) is 109 Å². The molecule has 3 atom stereocenters. The normalized spacial score (nSPS) is 14.6. The second-order valence-corrected chi connectivity index (χ2v) is 21.3. The Morgan fingerprint density at radius 2 is 1.52 bits per heavy atom. The molecule has 0 spiro atoms. The van der Waals surface area contributed by atoms with Gasteiger partial charge >= 0.3 is 5.97 Å². The standard InChI is InChI=1S/C64H63FN6O13/c1-3-64(83,63(81)82)49-29-54-60-47(34-71(54)62(80)48(49)35-72)59-51(22-21-46-37(2)50(65)30-52(69-60)58(46)59)68-56(77)36-84-26-25-44(74)31-67-61(79)42(27-38-11-5-4-6-12-38)28-45(75)32-66-55(76)23-19-43(73)20-24-57(78)70-33-41-15-8-7-13-39(41)17-18-40-14-9-10-16-53(40)70/h4-16,29-30,42,51,72,83H,3,19-28,31-36H2,1-2H3,(H,66,76)(H,67,79)(H,68,77)(H,81,82)/t42-,51+,64+/m1/s1. The van der Waals surface area contributed by atoms with Gasteiger partial charge in [-0.05, 0) is 84.7 Å². The van der Waals surface area contributed by atoms with E-state index in [9.17, 15) is 58.5 Å². The first-order valence-electron chi connectivity index (χ1n) is 27.9. The quantitative estimate of drug-likeness (QED) is 0.0315. The lowest BCUT2D eigenvalue weighted by Gasteiger charge is -2.29. The van der Waals surface area contributed by atoms with Gasteiger partial charge in [0, 0.05) is 83.7 Å². The number of hydrogen-bond acceptors (Lipinski definition) is 13. The molecule has 0 saturated heterocycles. The number of anilines is 1. The van der Waals surface area contributed by atoms with E-state index < -0.39 is 90.5 Å². The summed E-state index contributed by atoms with van der Waals surface area (Å²) in [5, 5.41) is 40.2. The molecule has 1 aliphatic carbocycles. The highest BCUT2D eigenvalue weighted by molar-refractivity contribution is 5.98. The second kappa shape index (κ2) is 26.0. The van der Waals surface area contributed by atoms with Gasteiger partial charge in [0.05, 0.1) is 68.0 Å². The number of carboxylic acids is 1. The van der Waals surface area contributed by atoms with Crippen LogP contribution in [0.5, 0.6) is 0 Å². The Balaban J connectivity index is 0.747. The molecule has 2 aromatic heterocycles. The van der Waals surface area contributed by atoms with Crippen LogP contribution in [0.3, 0.4) is 0 Å². The Morgan fingerprint density at radius 3 is 2.27 bits per heavy atom. The number of halogens is 1. The highest BCUT2D eigenvalue weighted by Crippen LogP contribution is 2.45. The molecule has 2 aliphatic heterocycles. The summed E-state index contributed by atoms with van der Waals surface area (Å²) in [6, 6.07) is 25.7. The lowest BCUT2D eigenvalue weighted by molar-refractivity contribution is -0.160. The number of ether oxygens (including phenoxy) is 1. The molecule has 0 bridgehead atoms. The summed E-state index contributed by atoms with van der Waals surface area (Å²) in [6.07, 6.45) is -0.466. The first kappa shape index (κ1) is 59.6. The molecule has 0 saturated carbocycles. The Labute approximate surface area is 482 Å². The molecule has 434 valence electrons. The number of aryl methyl sites for hydroxylation is 1.